The van der Waals surface area contributed by atoms with Crippen LogP contribution in [-0.4, -0.2) is 54.3 Å². The summed E-state index contributed by atoms with van der Waals surface area (Å²) in [7, 11) is 4.71. The fourth-order valence-electron chi connectivity index (χ4n) is 3.64. The molecule has 1 fully saturated rings. The maximum Gasteiger partial charge on any atom is 0.255 e. The molecule has 0 bridgehead atoms. The fraction of sp³-hybridized carbons (Fsp3) is 0.421. The average molecular weight is 385 g/mol. The number of ether oxygens (including phenoxy) is 3. The van der Waals surface area contributed by atoms with E-state index in [4.69, 9.17) is 23.7 Å². The number of hydrogen-bond acceptors (Lipinski definition) is 8. The van der Waals surface area contributed by atoms with Crippen LogP contribution in [0, 0.1) is 0 Å². The van der Waals surface area contributed by atoms with Crippen LogP contribution >= 0.6 is 0 Å². The van der Waals surface area contributed by atoms with E-state index in [0.717, 1.165) is 25.9 Å². The minimum Gasteiger partial charge on any atom is -0.493 e. The monoisotopic (exact) mass is 385 g/mol. The Morgan fingerprint density at radius 2 is 1.79 bits per heavy atom. The van der Waals surface area contributed by atoms with E-state index >= 15 is 0 Å². The van der Waals surface area contributed by atoms with E-state index < -0.39 is 5.54 Å². The summed E-state index contributed by atoms with van der Waals surface area (Å²) in [4.78, 5) is 4.72. The molecule has 0 unspecified atom stereocenters. The number of nitrogens with zero attached hydrogens (tertiary/aromatic N) is 4. The first kappa shape index (κ1) is 18.3. The van der Waals surface area contributed by atoms with Crippen LogP contribution in [0.25, 0.3) is 11.4 Å². The van der Waals surface area contributed by atoms with Gasteiger partial charge in [-0.1, -0.05) is 5.16 Å². The van der Waals surface area contributed by atoms with Gasteiger partial charge in [-0.05, 0) is 44.1 Å². The number of piperidine rings is 1. The van der Waals surface area contributed by atoms with Crippen molar-refractivity contribution in [3.05, 3.63) is 36.5 Å². The fourth-order valence-corrected chi connectivity index (χ4v) is 3.64. The highest BCUT2D eigenvalue weighted by Crippen LogP contribution is 2.41. The lowest BCUT2D eigenvalue weighted by Crippen LogP contribution is -2.45. The predicted molar refractivity (Wildman–Crippen MR) is 101 cm³/mol. The maximum atomic E-state index is 5.73. The van der Waals surface area contributed by atoms with Gasteiger partial charge in [0.1, 0.15) is 5.54 Å². The van der Waals surface area contributed by atoms with Crippen LogP contribution in [0.3, 0.4) is 0 Å². The molecule has 0 atom stereocenters. The summed E-state index contributed by atoms with van der Waals surface area (Å²) in [6, 6.07) is 5.51. The van der Waals surface area contributed by atoms with Crippen LogP contribution in [-0.2, 0) is 5.54 Å². The van der Waals surface area contributed by atoms with E-state index in [9.17, 15) is 0 Å². The van der Waals surface area contributed by atoms with E-state index in [1.807, 2.05) is 16.9 Å². The van der Waals surface area contributed by atoms with Gasteiger partial charge >= 0.3 is 0 Å². The molecule has 1 aliphatic heterocycles. The van der Waals surface area contributed by atoms with Gasteiger partial charge in [-0.2, -0.15) is 10.1 Å². The highest BCUT2D eigenvalue weighted by molar-refractivity contribution is 5.66. The molecule has 148 valence electrons. The first-order valence-electron chi connectivity index (χ1n) is 9.07. The van der Waals surface area contributed by atoms with E-state index in [0.29, 0.717) is 34.5 Å². The van der Waals surface area contributed by atoms with Gasteiger partial charge < -0.3 is 24.1 Å². The van der Waals surface area contributed by atoms with Crippen LogP contribution in [0.5, 0.6) is 17.2 Å². The molecule has 1 saturated heterocycles. The van der Waals surface area contributed by atoms with Crippen LogP contribution in [0.4, 0.5) is 0 Å². The summed E-state index contributed by atoms with van der Waals surface area (Å²) >= 11 is 0. The molecule has 0 amide bonds. The van der Waals surface area contributed by atoms with E-state index in [1.165, 1.54) is 0 Å². The van der Waals surface area contributed by atoms with Crippen LogP contribution in [0.2, 0.25) is 0 Å². The standard InChI is InChI=1S/C19H23N5O4/c1-25-14-11-13(12-15(26-2)16(14)27-3)17-22-18(28-23-17)19(5-8-20-9-6-19)24-10-4-7-21-24/h4,7,10-12,20H,5-6,8-9H2,1-3H3. The summed E-state index contributed by atoms with van der Waals surface area (Å²) in [5.41, 5.74) is 0.259. The highest BCUT2D eigenvalue weighted by Gasteiger charge is 2.42. The first-order chi connectivity index (χ1) is 13.7. The highest BCUT2D eigenvalue weighted by atomic mass is 16.5. The Kier molecular flexibility index (Phi) is 4.91. The molecular weight excluding hydrogens is 362 g/mol. The molecule has 0 saturated carbocycles. The van der Waals surface area contributed by atoms with Gasteiger partial charge in [-0.25, -0.2) is 0 Å². The Bertz CT molecular complexity index is 907. The molecule has 1 aliphatic rings. The zero-order valence-electron chi connectivity index (χ0n) is 16.1. The van der Waals surface area contributed by atoms with Gasteiger partial charge in [-0.3, -0.25) is 4.68 Å². The summed E-state index contributed by atoms with van der Waals surface area (Å²) in [5.74, 6) is 2.59. The molecule has 2 aromatic heterocycles. The van der Waals surface area contributed by atoms with Crippen LogP contribution in [0.1, 0.15) is 18.7 Å². The van der Waals surface area contributed by atoms with Gasteiger partial charge in [0.05, 0.1) is 21.3 Å². The van der Waals surface area contributed by atoms with Crippen molar-refractivity contribution in [3.63, 3.8) is 0 Å². The Morgan fingerprint density at radius 1 is 1.07 bits per heavy atom. The van der Waals surface area contributed by atoms with Crippen molar-refractivity contribution in [2.75, 3.05) is 34.4 Å². The molecule has 28 heavy (non-hydrogen) atoms. The minimum absolute atomic E-state index is 0.458. The zero-order chi connectivity index (χ0) is 19.6. The molecule has 9 nitrogen and oxygen atoms in total. The van der Waals surface area contributed by atoms with Crippen LogP contribution in [0.15, 0.2) is 35.1 Å². The number of aromatic nitrogens is 4. The Labute approximate surface area is 162 Å². The lowest BCUT2D eigenvalue weighted by molar-refractivity contribution is 0.172. The Morgan fingerprint density at radius 3 is 2.36 bits per heavy atom. The van der Waals surface area contributed by atoms with E-state index in [2.05, 4.69) is 15.6 Å². The van der Waals surface area contributed by atoms with Gasteiger partial charge in [0.2, 0.25) is 11.6 Å². The molecule has 0 aliphatic carbocycles. The second-order valence-corrected chi connectivity index (χ2v) is 6.57. The van der Waals surface area contributed by atoms with Crippen molar-refractivity contribution in [3.8, 4) is 28.6 Å². The van der Waals surface area contributed by atoms with Crippen molar-refractivity contribution < 1.29 is 18.7 Å². The molecule has 1 N–H and O–H groups in total. The third-order valence-electron chi connectivity index (χ3n) is 5.12. The second-order valence-electron chi connectivity index (χ2n) is 6.57. The van der Waals surface area contributed by atoms with Crippen molar-refractivity contribution in [2.24, 2.45) is 0 Å². The van der Waals surface area contributed by atoms with Crippen molar-refractivity contribution in [2.45, 2.75) is 18.4 Å². The predicted octanol–water partition coefficient (Wildman–Crippen LogP) is 2.09. The molecule has 0 radical (unpaired) electrons. The molecule has 4 rings (SSSR count). The second kappa shape index (κ2) is 7.51. The smallest absolute Gasteiger partial charge is 0.255 e. The normalized spacial score (nSPS) is 16.0. The zero-order valence-corrected chi connectivity index (χ0v) is 16.1. The first-order valence-corrected chi connectivity index (χ1v) is 9.07. The minimum atomic E-state index is -0.458. The molecule has 9 heteroatoms. The lowest BCUT2D eigenvalue weighted by Gasteiger charge is -2.34. The summed E-state index contributed by atoms with van der Waals surface area (Å²) in [6.07, 6.45) is 5.33. The third-order valence-corrected chi connectivity index (χ3v) is 5.12. The maximum absolute atomic E-state index is 5.73. The Hall–Kier alpha value is -3.07. The molecule has 1 aromatic carbocycles. The van der Waals surface area contributed by atoms with Crippen molar-refractivity contribution in [1.29, 1.82) is 0 Å². The van der Waals surface area contributed by atoms with Crippen LogP contribution < -0.4 is 19.5 Å². The number of rotatable bonds is 6. The third kappa shape index (κ3) is 2.97. The lowest BCUT2D eigenvalue weighted by atomic mass is 9.88. The molecule has 3 aromatic rings. The number of methoxy groups -OCH3 is 3. The number of nitrogens with one attached hydrogen (secondary N) is 1. The Balaban J connectivity index is 1.77. The topological polar surface area (TPSA) is 96.5 Å². The summed E-state index contributed by atoms with van der Waals surface area (Å²) in [6.45, 7) is 1.70. The summed E-state index contributed by atoms with van der Waals surface area (Å²) in [5, 5.41) is 12.1. The van der Waals surface area contributed by atoms with Gasteiger partial charge in [0, 0.05) is 18.0 Å². The van der Waals surface area contributed by atoms with Crippen molar-refractivity contribution in [1.82, 2.24) is 25.2 Å². The molecule has 3 heterocycles. The summed E-state index contributed by atoms with van der Waals surface area (Å²) < 4.78 is 23.9. The number of benzene rings is 1. The average Bonchev–Trinajstić information content (AvgIpc) is 3.46. The SMILES string of the molecule is COc1cc(-c2noc(C3(n4cccn4)CCNCC3)n2)cc(OC)c1OC. The van der Waals surface area contributed by atoms with E-state index in [-0.39, 0.29) is 0 Å². The largest absolute Gasteiger partial charge is 0.493 e. The van der Waals surface area contributed by atoms with Gasteiger partial charge in [0.25, 0.3) is 5.89 Å². The quantitative estimate of drug-likeness (QED) is 0.689. The number of hydrogen-bond donors (Lipinski definition) is 1. The van der Waals surface area contributed by atoms with Gasteiger partial charge in [0.15, 0.2) is 11.5 Å². The van der Waals surface area contributed by atoms with Gasteiger partial charge in [-0.15, -0.1) is 0 Å². The van der Waals surface area contributed by atoms with E-state index in [1.54, 1.807) is 39.7 Å². The molecule has 0 spiro atoms. The molecular formula is C19H23N5O4. The van der Waals surface area contributed by atoms with Crippen molar-refractivity contribution >= 4 is 0 Å².